The van der Waals surface area contributed by atoms with Gasteiger partial charge in [0.25, 0.3) is 0 Å². The fourth-order valence-corrected chi connectivity index (χ4v) is 3.66. The number of amides is 1. The van der Waals surface area contributed by atoms with Gasteiger partial charge in [-0.1, -0.05) is 12.0 Å². The summed E-state index contributed by atoms with van der Waals surface area (Å²) in [6.45, 7) is 5.81. The van der Waals surface area contributed by atoms with Gasteiger partial charge in [0.05, 0.1) is 17.8 Å². The van der Waals surface area contributed by atoms with E-state index in [0.29, 0.717) is 16.7 Å². The van der Waals surface area contributed by atoms with E-state index >= 15 is 0 Å². The van der Waals surface area contributed by atoms with Gasteiger partial charge in [-0.3, -0.25) is 0 Å². The highest BCUT2D eigenvalue weighted by Crippen LogP contribution is 2.32. The molecule has 6 nitrogen and oxygen atoms in total. The second kappa shape index (κ2) is 9.96. The molecule has 1 N–H and O–H groups in total. The molecule has 0 spiro atoms. The molecule has 2 heterocycles. The van der Waals surface area contributed by atoms with Crippen molar-refractivity contribution in [1.82, 2.24) is 14.8 Å². The lowest BCUT2D eigenvalue weighted by molar-refractivity contribution is -0.140. The average molecular weight is 466 g/mol. The van der Waals surface area contributed by atoms with E-state index < -0.39 is 24.4 Å². The molecule has 1 aliphatic rings. The smallest absolute Gasteiger partial charge is 0.408 e. The molecular formula is C24H30F3N3O3. The Labute approximate surface area is 192 Å². The number of likely N-dealkylation sites (tertiary alicyclic amines) is 1. The van der Waals surface area contributed by atoms with Crippen LogP contribution in [-0.4, -0.2) is 60.1 Å². The first-order valence-electron chi connectivity index (χ1n) is 10.9. The largest absolute Gasteiger partial charge is 0.490 e. The van der Waals surface area contributed by atoms with E-state index in [1.54, 1.807) is 45.0 Å². The molecule has 0 saturated carbocycles. The van der Waals surface area contributed by atoms with Gasteiger partial charge in [-0.25, -0.2) is 4.79 Å². The van der Waals surface area contributed by atoms with E-state index in [1.165, 1.54) is 0 Å². The van der Waals surface area contributed by atoms with Crippen LogP contribution in [0.4, 0.5) is 18.0 Å². The number of carbonyl (C=O) groups is 1. The Morgan fingerprint density at radius 2 is 1.91 bits per heavy atom. The number of fused-ring (bicyclic) bond motifs is 1. The first-order valence-corrected chi connectivity index (χ1v) is 10.9. The number of carbonyl (C=O) groups excluding carboxylic acids is 1. The van der Waals surface area contributed by atoms with Crippen LogP contribution in [0, 0.1) is 11.8 Å². The van der Waals surface area contributed by atoms with Crippen LogP contribution in [0.2, 0.25) is 0 Å². The summed E-state index contributed by atoms with van der Waals surface area (Å²) in [7, 11) is 2.05. The summed E-state index contributed by atoms with van der Waals surface area (Å²) in [6.07, 6.45) is -3.31. The number of hydrogen-bond acceptors (Lipinski definition) is 4. The van der Waals surface area contributed by atoms with Crippen LogP contribution in [0.3, 0.4) is 0 Å². The first-order chi connectivity index (χ1) is 15.4. The first kappa shape index (κ1) is 24.8. The van der Waals surface area contributed by atoms with Crippen molar-refractivity contribution >= 4 is 17.0 Å². The lowest BCUT2D eigenvalue weighted by atomic mass is 10.1. The quantitative estimate of drug-likeness (QED) is 0.673. The van der Waals surface area contributed by atoms with E-state index in [0.717, 1.165) is 30.5 Å². The summed E-state index contributed by atoms with van der Waals surface area (Å²) in [6, 6.07) is 6.72. The van der Waals surface area contributed by atoms with Crippen molar-refractivity contribution in [2.45, 2.75) is 58.0 Å². The molecule has 1 saturated heterocycles. The van der Waals surface area contributed by atoms with E-state index in [1.807, 2.05) is 0 Å². The summed E-state index contributed by atoms with van der Waals surface area (Å²) >= 11 is 0. The van der Waals surface area contributed by atoms with Gasteiger partial charge in [0.2, 0.25) is 0 Å². The van der Waals surface area contributed by atoms with Gasteiger partial charge in [-0.05, 0) is 64.8 Å². The van der Waals surface area contributed by atoms with Crippen LogP contribution in [0.15, 0.2) is 24.3 Å². The zero-order chi connectivity index (χ0) is 24.2. The van der Waals surface area contributed by atoms with Gasteiger partial charge >= 0.3 is 12.3 Å². The number of piperidine rings is 1. The van der Waals surface area contributed by atoms with Crippen LogP contribution in [0.1, 0.15) is 39.3 Å². The lowest BCUT2D eigenvalue weighted by Crippen LogP contribution is -2.35. The number of benzene rings is 1. The Kier molecular flexibility index (Phi) is 7.48. The van der Waals surface area contributed by atoms with Gasteiger partial charge in [0.1, 0.15) is 24.0 Å². The Balaban J connectivity index is 1.84. The fraction of sp³-hybridized carbons (Fsp3) is 0.542. The molecule has 1 aromatic carbocycles. The minimum absolute atomic E-state index is 0.0188. The number of hydrogen-bond donors (Lipinski definition) is 1. The summed E-state index contributed by atoms with van der Waals surface area (Å²) in [5, 5.41) is 3.07. The van der Waals surface area contributed by atoms with Crippen molar-refractivity contribution in [1.29, 1.82) is 0 Å². The highest BCUT2D eigenvalue weighted by Gasteiger charge is 2.30. The molecule has 1 aliphatic heterocycles. The Hall–Kier alpha value is -2.86. The highest BCUT2D eigenvalue weighted by atomic mass is 19.4. The Morgan fingerprint density at radius 3 is 2.55 bits per heavy atom. The number of halogens is 3. The third kappa shape index (κ3) is 7.32. The molecule has 1 aromatic heterocycles. The van der Waals surface area contributed by atoms with E-state index in [9.17, 15) is 18.0 Å². The second-order valence-electron chi connectivity index (χ2n) is 9.20. The Bertz CT molecular complexity index is 1040. The summed E-state index contributed by atoms with van der Waals surface area (Å²) in [5.41, 5.74) is -0.0456. The summed E-state index contributed by atoms with van der Waals surface area (Å²) in [5.74, 6) is 6.03. The molecule has 9 heteroatoms. The van der Waals surface area contributed by atoms with Gasteiger partial charge < -0.3 is 24.3 Å². The standard InChI is InChI=1S/C24H30F3N3O3/c1-23(2,3)33-22(31)28-12-6-7-17-15-19-20(30(17)16-24(25,26)27)8-5-9-21(19)32-18-10-13-29(4)14-11-18/h5,8-9,15,18H,10-14,16H2,1-4H3,(H,28,31). The normalized spacial score (nSPS) is 15.7. The van der Waals surface area contributed by atoms with Crippen LogP contribution in [0.25, 0.3) is 10.9 Å². The third-order valence-corrected chi connectivity index (χ3v) is 5.14. The third-order valence-electron chi connectivity index (χ3n) is 5.14. The van der Waals surface area contributed by atoms with Crippen LogP contribution < -0.4 is 10.1 Å². The molecule has 0 aliphatic carbocycles. The number of alkyl halides is 3. The molecular weight excluding hydrogens is 435 g/mol. The molecule has 180 valence electrons. The zero-order valence-corrected chi connectivity index (χ0v) is 19.4. The molecule has 2 aromatic rings. The van der Waals surface area contributed by atoms with Crippen LogP contribution in [0.5, 0.6) is 5.75 Å². The van der Waals surface area contributed by atoms with E-state index in [2.05, 4.69) is 29.1 Å². The van der Waals surface area contributed by atoms with Crippen LogP contribution >= 0.6 is 0 Å². The fourth-order valence-electron chi connectivity index (χ4n) is 3.66. The average Bonchev–Trinajstić information content (AvgIpc) is 3.03. The Morgan fingerprint density at radius 1 is 1.21 bits per heavy atom. The van der Waals surface area contributed by atoms with Crippen molar-refractivity contribution < 1.29 is 27.4 Å². The van der Waals surface area contributed by atoms with Gasteiger partial charge in [-0.2, -0.15) is 13.2 Å². The molecule has 1 fully saturated rings. The van der Waals surface area contributed by atoms with Gasteiger partial charge in [0.15, 0.2) is 0 Å². The zero-order valence-electron chi connectivity index (χ0n) is 19.4. The molecule has 3 rings (SSSR count). The molecule has 0 bridgehead atoms. The second-order valence-corrected chi connectivity index (χ2v) is 9.20. The minimum Gasteiger partial charge on any atom is -0.490 e. The van der Waals surface area contributed by atoms with Crippen molar-refractivity contribution in [3.8, 4) is 17.6 Å². The maximum Gasteiger partial charge on any atom is 0.408 e. The van der Waals surface area contributed by atoms with Crippen molar-refractivity contribution in [2.75, 3.05) is 26.7 Å². The predicted molar refractivity (Wildman–Crippen MR) is 120 cm³/mol. The number of nitrogens with zero attached hydrogens (tertiary/aromatic N) is 2. The maximum absolute atomic E-state index is 13.3. The number of nitrogens with one attached hydrogen (secondary N) is 1. The lowest BCUT2D eigenvalue weighted by Gasteiger charge is -2.29. The van der Waals surface area contributed by atoms with Crippen molar-refractivity contribution in [2.24, 2.45) is 0 Å². The number of rotatable bonds is 4. The molecule has 0 atom stereocenters. The monoisotopic (exact) mass is 465 g/mol. The van der Waals surface area contributed by atoms with Crippen molar-refractivity contribution in [3.63, 3.8) is 0 Å². The highest BCUT2D eigenvalue weighted by molar-refractivity contribution is 5.88. The van der Waals surface area contributed by atoms with Crippen LogP contribution in [-0.2, 0) is 11.3 Å². The number of alkyl carbamates (subject to hydrolysis) is 1. The van der Waals surface area contributed by atoms with E-state index in [4.69, 9.17) is 9.47 Å². The summed E-state index contributed by atoms with van der Waals surface area (Å²) in [4.78, 5) is 14.0. The number of ether oxygens (including phenoxy) is 2. The molecule has 1 amide bonds. The van der Waals surface area contributed by atoms with Gasteiger partial charge in [0, 0.05) is 18.5 Å². The van der Waals surface area contributed by atoms with E-state index in [-0.39, 0.29) is 18.3 Å². The predicted octanol–water partition coefficient (Wildman–Crippen LogP) is 4.55. The SMILES string of the molecule is CN1CCC(Oc2cccc3c2cc(C#CCNC(=O)OC(C)(C)C)n3CC(F)(F)F)CC1. The topological polar surface area (TPSA) is 55.7 Å². The minimum atomic E-state index is -4.41. The number of aromatic nitrogens is 1. The van der Waals surface area contributed by atoms with Crippen molar-refractivity contribution in [3.05, 3.63) is 30.0 Å². The molecule has 33 heavy (non-hydrogen) atoms. The summed E-state index contributed by atoms with van der Waals surface area (Å²) < 4.78 is 52.4. The maximum atomic E-state index is 13.3. The molecule has 0 radical (unpaired) electrons. The van der Waals surface area contributed by atoms with Gasteiger partial charge in [-0.15, -0.1) is 0 Å². The molecule has 0 unspecified atom stereocenters.